The van der Waals surface area contributed by atoms with Gasteiger partial charge in [0.15, 0.2) is 0 Å². The summed E-state index contributed by atoms with van der Waals surface area (Å²) >= 11 is 0. The monoisotopic (exact) mass is 989 g/mol. The first kappa shape index (κ1) is 64.2. The van der Waals surface area contributed by atoms with Crippen molar-refractivity contribution in [2.75, 3.05) is 0 Å². The van der Waals surface area contributed by atoms with Crippen LogP contribution in [-0.2, 0) is 19.1 Å². The van der Waals surface area contributed by atoms with E-state index in [2.05, 4.69) is 168 Å². The fourth-order valence-electron chi connectivity index (χ4n) is 10.6. The highest BCUT2D eigenvalue weighted by molar-refractivity contribution is 5.70. The van der Waals surface area contributed by atoms with Gasteiger partial charge in [-0.25, -0.2) is 0 Å². The van der Waals surface area contributed by atoms with Gasteiger partial charge in [-0.2, -0.15) is 0 Å². The summed E-state index contributed by atoms with van der Waals surface area (Å²) in [5.74, 6) is -0.0556. The molecular weight excluding hydrogens is 881 g/mol. The third-order valence-electron chi connectivity index (χ3n) is 14.8. The molecule has 0 aromatic carbocycles. The van der Waals surface area contributed by atoms with E-state index in [-0.39, 0.29) is 35.0 Å². The van der Waals surface area contributed by atoms with E-state index in [0.29, 0.717) is 12.8 Å². The Balaban J connectivity index is 1.76. The van der Waals surface area contributed by atoms with Crippen molar-refractivity contribution in [3.63, 3.8) is 0 Å². The highest BCUT2D eigenvalue weighted by atomic mass is 16.5. The van der Waals surface area contributed by atoms with Crippen molar-refractivity contribution < 1.29 is 19.1 Å². The van der Waals surface area contributed by atoms with Gasteiger partial charge in [0.1, 0.15) is 12.2 Å². The van der Waals surface area contributed by atoms with Crippen LogP contribution in [0.3, 0.4) is 0 Å². The fraction of sp³-hybridized carbons (Fsp3) is 0.647. The van der Waals surface area contributed by atoms with Crippen molar-refractivity contribution in [3.8, 4) is 0 Å². The van der Waals surface area contributed by atoms with Crippen molar-refractivity contribution in [2.24, 2.45) is 10.8 Å². The Morgan fingerprint density at radius 3 is 1.01 bits per heavy atom. The van der Waals surface area contributed by atoms with Gasteiger partial charge in [-0.15, -0.1) is 0 Å². The minimum atomic E-state index is -0.0567. The molecule has 2 atom stereocenters. The topological polar surface area (TPSA) is 52.6 Å². The largest absolute Gasteiger partial charge is 0.462 e. The maximum atomic E-state index is 12.8. The summed E-state index contributed by atoms with van der Waals surface area (Å²) in [4.78, 5) is 25.5. The number of esters is 2. The van der Waals surface area contributed by atoms with Gasteiger partial charge in [-0.05, 0) is 89.2 Å². The van der Waals surface area contributed by atoms with Gasteiger partial charge in [0.05, 0.1) is 0 Å². The van der Waals surface area contributed by atoms with Crippen LogP contribution in [0.15, 0.2) is 130 Å². The third-order valence-corrected chi connectivity index (χ3v) is 14.8. The first-order chi connectivity index (χ1) is 34.5. The van der Waals surface area contributed by atoms with E-state index in [4.69, 9.17) is 9.47 Å². The van der Waals surface area contributed by atoms with E-state index in [0.717, 1.165) is 51.4 Å². The number of carbonyl (C=O) groups is 2. The molecule has 0 aromatic heterocycles. The van der Waals surface area contributed by atoms with Crippen molar-refractivity contribution in [2.45, 2.75) is 275 Å². The van der Waals surface area contributed by atoms with Gasteiger partial charge in [-0.3, -0.25) is 9.59 Å². The molecule has 0 fully saturated rings. The van der Waals surface area contributed by atoms with E-state index in [1.165, 1.54) is 160 Å². The summed E-state index contributed by atoms with van der Waals surface area (Å²) in [6.07, 6.45) is 62.8. The Labute approximate surface area is 444 Å². The highest BCUT2D eigenvalue weighted by Crippen LogP contribution is 2.43. The summed E-state index contributed by atoms with van der Waals surface area (Å²) in [6, 6.07) is 0. The summed E-state index contributed by atoms with van der Waals surface area (Å²) < 4.78 is 12.0. The van der Waals surface area contributed by atoms with Crippen LogP contribution in [0.1, 0.15) is 263 Å². The molecule has 0 saturated heterocycles. The van der Waals surface area contributed by atoms with E-state index >= 15 is 0 Å². The average Bonchev–Trinajstić information content (AvgIpc) is 3.30. The Hall–Kier alpha value is -3.92. The Bertz CT molecular complexity index is 1930. The predicted octanol–water partition coefficient (Wildman–Crippen LogP) is 21.1. The zero-order chi connectivity index (χ0) is 53.0. The zero-order valence-corrected chi connectivity index (χ0v) is 48.7. The van der Waals surface area contributed by atoms with E-state index < -0.39 is 0 Å². The van der Waals surface area contributed by atoms with Gasteiger partial charge in [0.2, 0.25) is 0 Å². The van der Waals surface area contributed by atoms with Crippen LogP contribution in [-0.4, -0.2) is 24.1 Å². The number of unbranched alkanes of at least 4 members (excludes halogenated alkanes) is 20. The molecule has 0 aromatic rings. The lowest BCUT2D eigenvalue weighted by molar-refractivity contribution is -0.151. The van der Waals surface area contributed by atoms with Gasteiger partial charge < -0.3 is 9.47 Å². The predicted molar refractivity (Wildman–Crippen MR) is 314 cm³/mol. The molecule has 404 valence electrons. The van der Waals surface area contributed by atoms with Crippen molar-refractivity contribution in [3.05, 3.63) is 130 Å². The average molecular weight is 990 g/mol. The maximum absolute atomic E-state index is 12.8. The number of carbonyl (C=O) groups excluding carboxylic acids is 2. The first-order valence-electron chi connectivity index (χ1n) is 29.3. The Morgan fingerprint density at radius 2 is 0.708 bits per heavy atom. The lowest BCUT2D eigenvalue weighted by Gasteiger charge is -2.37. The molecular formula is C68H108O4. The maximum Gasteiger partial charge on any atom is 0.306 e. The number of rotatable bonds is 36. The number of hydrogen-bond donors (Lipinski definition) is 0. The second kappa shape index (κ2) is 37.8. The van der Waals surface area contributed by atoms with Crippen LogP contribution in [0.2, 0.25) is 0 Å². The van der Waals surface area contributed by atoms with Crippen LogP contribution >= 0.6 is 0 Å². The SMILES string of the molecule is CCCCCCCCCCCCCCCC(=O)O[C@@H]1CC(C)=C(/C=C/C(C)=C/C=C/C(C)=C/C=C/C=C(C)/C=C/C=C(C)/C=C/C2=C(C)C[C@@H](OC(=O)CCCCCCCCCCC)CC2(C)C)C(C)(C)C1. The molecule has 0 amide bonds. The summed E-state index contributed by atoms with van der Waals surface area (Å²) in [7, 11) is 0. The van der Waals surface area contributed by atoms with E-state index in [1.807, 2.05) is 0 Å². The molecule has 0 bridgehead atoms. The molecule has 0 saturated carbocycles. The molecule has 72 heavy (non-hydrogen) atoms. The van der Waals surface area contributed by atoms with Crippen molar-refractivity contribution in [1.29, 1.82) is 0 Å². The van der Waals surface area contributed by atoms with Crippen molar-refractivity contribution >= 4 is 11.9 Å². The normalized spacial score (nSPS) is 19.4. The third kappa shape index (κ3) is 29.7. The highest BCUT2D eigenvalue weighted by Gasteiger charge is 2.35. The molecule has 0 unspecified atom stereocenters. The quantitative estimate of drug-likeness (QED) is 0.0357. The molecule has 0 aliphatic heterocycles. The van der Waals surface area contributed by atoms with Gasteiger partial charge in [0.25, 0.3) is 0 Å². The molecule has 0 heterocycles. The van der Waals surface area contributed by atoms with Crippen LogP contribution in [0.5, 0.6) is 0 Å². The van der Waals surface area contributed by atoms with Crippen LogP contribution < -0.4 is 0 Å². The molecule has 4 heteroatoms. The lowest BCUT2D eigenvalue weighted by atomic mass is 9.71. The summed E-state index contributed by atoms with van der Waals surface area (Å²) in [6.45, 7) is 26.6. The number of ether oxygens (including phenoxy) is 2. The zero-order valence-electron chi connectivity index (χ0n) is 48.7. The van der Waals surface area contributed by atoms with E-state index in [1.54, 1.807) is 0 Å². The molecule has 2 aliphatic carbocycles. The molecule has 4 nitrogen and oxygen atoms in total. The first-order valence-corrected chi connectivity index (χ1v) is 29.3. The smallest absolute Gasteiger partial charge is 0.306 e. The molecule has 2 rings (SSSR count). The Kier molecular flexibility index (Phi) is 33.7. The van der Waals surface area contributed by atoms with Gasteiger partial charge in [0, 0.05) is 25.7 Å². The molecule has 0 N–H and O–H groups in total. The molecule has 0 radical (unpaired) electrons. The second-order valence-corrected chi connectivity index (χ2v) is 23.2. The van der Waals surface area contributed by atoms with E-state index in [9.17, 15) is 9.59 Å². The molecule has 2 aliphatic rings. The van der Waals surface area contributed by atoms with Gasteiger partial charge >= 0.3 is 11.9 Å². The van der Waals surface area contributed by atoms with Crippen LogP contribution in [0.25, 0.3) is 0 Å². The summed E-state index contributed by atoms with van der Waals surface area (Å²) in [5, 5.41) is 0. The van der Waals surface area contributed by atoms with Crippen LogP contribution in [0.4, 0.5) is 0 Å². The minimum Gasteiger partial charge on any atom is -0.462 e. The Morgan fingerprint density at radius 1 is 0.431 bits per heavy atom. The lowest BCUT2D eigenvalue weighted by Crippen LogP contribution is -2.31. The second-order valence-electron chi connectivity index (χ2n) is 23.2. The van der Waals surface area contributed by atoms with Crippen molar-refractivity contribution in [1.82, 2.24) is 0 Å². The number of allylic oxidation sites excluding steroid dienone is 20. The standard InChI is InChI=1S/C68H108O4/c1-13-15-17-19-21-23-24-25-26-28-30-32-34-46-66(70)72-62-52-60(8)64(68(11,12)54-62)50-48-58(6)44-38-42-56(4)40-36-35-39-55(3)41-37-43-57(5)47-49-63-59(7)51-61(53-67(63,9)10)71-65(69)45-33-31-29-27-22-20-18-16-14-2/h35-44,47-50,61-62H,13-34,45-46,51-54H2,1-12H3/b36-35+,41-37+,42-38+,49-47+,50-48+,55-39+,56-40+,57-43+,58-44+/t61-,62-/m1/s1. The summed E-state index contributed by atoms with van der Waals surface area (Å²) in [5.41, 5.74) is 9.97. The minimum absolute atomic E-state index is 0.0256. The fourth-order valence-corrected chi connectivity index (χ4v) is 10.6. The van der Waals surface area contributed by atoms with Crippen LogP contribution in [0, 0.1) is 10.8 Å². The molecule has 0 spiro atoms. The van der Waals surface area contributed by atoms with Gasteiger partial charge in [-0.1, -0.05) is 288 Å². The number of hydrogen-bond acceptors (Lipinski definition) is 4.